The molecule has 0 aromatic rings. The molecule has 0 aliphatic carbocycles. The second-order valence-electron chi connectivity index (χ2n) is 1.04. The van der Waals surface area contributed by atoms with Crippen molar-refractivity contribution in [1.29, 1.82) is 0 Å². The van der Waals surface area contributed by atoms with E-state index < -0.39 is 0 Å². The van der Waals surface area contributed by atoms with Crippen LogP contribution in [0, 0.1) is 0 Å². The van der Waals surface area contributed by atoms with Gasteiger partial charge in [-0.1, -0.05) is 0 Å². The molecule has 0 aliphatic heterocycles. The zero-order chi connectivity index (χ0) is 4.83. The summed E-state index contributed by atoms with van der Waals surface area (Å²) in [5.74, 6) is 0. The molecule has 0 amide bonds. The third-order valence-electron chi connectivity index (χ3n) is 0.440. The van der Waals surface area contributed by atoms with Crippen molar-refractivity contribution in [3.63, 3.8) is 0 Å². The molecule has 0 spiro atoms. The van der Waals surface area contributed by atoms with E-state index in [0.717, 1.165) is 13.0 Å². The quantitative estimate of drug-likeness (QED) is 0.339. The van der Waals surface area contributed by atoms with Gasteiger partial charge in [0.1, 0.15) is 0 Å². The molecule has 3 heteroatoms. The first-order valence-corrected chi connectivity index (χ1v) is 2.14. The predicted molar refractivity (Wildman–Crippen MR) is 29.1 cm³/mol. The first-order chi connectivity index (χ1) is 2.91. The van der Waals surface area contributed by atoms with Crippen LogP contribution in [0.1, 0.15) is 13.3 Å². The first-order valence-electron chi connectivity index (χ1n) is 2.14. The van der Waals surface area contributed by atoms with Crippen LogP contribution in [0.2, 0.25) is 0 Å². The second kappa shape index (κ2) is 4.93. The Labute approximate surface area is 40.0 Å². The molecule has 0 radical (unpaired) electrons. The molecule has 0 aromatic heterocycles. The van der Waals surface area contributed by atoms with Gasteiger partial charge in [0.05, 0.1) is 0 Å². The van der Waals surface area contributed by atoms with Crippen LogP contribution in [-0.2, 0) is 4.65 Å². The van der Waals surface area contributed by atoms with Crippen LogP contribution in [0.4, 0.5) is 0 Å². The van der Waals surface area contributed by atoms with Gasteiger partial charge in [0.2, 0.25) is 0 Å². The molecule has 0 fully saturated rings. The minimum atomic E-state index is 0.795. The zero-order valence-corrected chi connectivity index (χ0v) is 4.11. The predicted octanol–water partition coefficient (Wildman–Crippen LogP) is -0.152. The van der Waals surface area contributed by atoms with Crippen LogP contribution in [0.3, 0.4) is 0 Å². The molecule has 0 aliphatic rings. The Bertz CT molecular complexity index is 37.8. The number of hydrogen-bond acceptors (Lipinski definition) is 1. The summed E-state index contributed by atoms with van der Waals surface area (Å²) >= 11 is 0. The van der Waals surface area contributed by atoms with Gasteiger partial charge in [-0.15, -0.1) is 0 Å². The summed E-state index contributed by atoms with van der Waals surface area (Å²) in [6.45, 7) is 2.85. The monoisotopic (exact) mass is 82.1 g/mol. The third kappa shape index (κ3) is 3.93. The average molecular weight is 81.7 g/mol. The molecule has 0 saturated heterocycles. The van der Waals surface area contributed by atoms with Crippen LogP contribution in [0.5, 0.6) is 0 Å². The second-order valence-corrected chi connectivity index (χ2v) is 1.04. The molecule has 0 heterocycles. The molecule has 32 valence electrons. The van der Waals surface area contributed by atoms with Gasteiger partial charge in [0.15, 0.2) is 0 Å². The summed E-state index contributed by atoms with van der Waals surface area (Å²) in [5, 5.41) is 0. The van der Waals surface area contributed by atoms with Gasteiger partial charge in [-0.05, 0) is 0 Å². The van der Waals surface area contributed by atoms with Gasteiger partial charge in [-0.25, -0.2) is 0 Å². The summed E-state index contributed by atoms with van der Waals surface area (Å²) in [6, 6.07) is 0. The fourth-order valence-corrected chi connectivity index (χ4v) is 0.201. The molecule has 1 nitrogen and oxygen atoms in total. The van der Waals surface area contributed by atoms with Crippen LogP contribution in [-0.4, -0.2) is 21.0 Å². The number of rotatable bonds is 3. The van der Waals surface area contributed by atoms with E-state index in [9.17, 15) is 0 Å². The van der Waals surface area contributed by atoms with E-state index in [1.54, 1.807) is 0 Å². The van der Waals surface area contributed by atoms with Crippen LogP contribution in [0.25, 0.3) is 0 Å². The van der Waals surface area contributed by atoms with Gasteiger partial charge in [-0.2, -0.15) is 0 Å². The Hall–Kier alpha value is -0.0701. The Kier molecular flexibility index (Phi) is 4.87. The average Bonchev–Trinajstić information content (AvgIpc) is 1.61. The molecular formula is C3H8B2O. The topological polar surface area (TPSA) is 9.23 Å². The standard InChI is InChI=1S/C3H8B2O/c1-2-3-6-5-4/h4H,2-3H2,1H3. The fourth-order valence-electron chi connectivity index (χ4n) is 0.201. The number of hydrogen-bond donors (Lipinski definition) is 0. The molecule has 6 heavy (non-hydrogen) atoms. The normalized spacial score (nSPS) is 6.67. The Morgan fingerprint density at radius 3 is 2.67 bits per heavy atom. The summed E-state index contributed by atoms with van der Waals surface area (Å²) in [4.78, 5) is 0. The van der Waals surface area contributed by atoms with Crippen LogP contribution >= 0.6 is 0 Å². The molecular weight excluding hydrogens is 73.7 g/mol. The summed E-state index contributed by atoms with van der Waals surface area (Å²) in [5.41, 5.74) is 0. The Balaban J connectivity index is 2.49. The first kappa shape index (κ1) is 5.93. The third-order valence-corrected chi connectivity index (χ3v) is 0.440. The molecule has 0 aromatic carbocycles. The van der Waals surface area contributed by atoms with Crippen molar-refractivity contribution in [2.45, 2.75) is 13.3 Å². The maximum atomic E-state index is 4.75. The molecule has 0 bridgehead atoms. The van der Waals surface area contributed by atoms with Crippen molar-refractivity contribution in [3.05, 3.63) is 0 Å². The van der Waals surface area contributed by atoms with Gasteiger partial charge in [0, 0.05) is 0 Å². The fraction of sp³-hybridized carbons (Fsp3) is 1.00. The van der Waals surface area contributed by atoms with E-state index in [1.807, 2.05) is 0 Å². The van der Waals surface area contributed by atoms with Crippen molar-refractivity contribution in [3.8, 4) is 0 Å². The zero-order valence-electron chi connectivity index (χ0n) is 4.11. The SMILES string of the molecule is B=BOCCC. The van der Waals surface area contributed by atoms with E-state index in [0.29, 0.717) is 0 Å². The van der Waals surface area contributed by atoms with Crippen molar-refractivity contribution >= 4 is 14.4 Å². The molecule has 0 rings (SSSR count). The van der Waals surface area contributed by atoms with Crippen molar-refractivity contribution in [2.24, 2.45) is 0 Å². The molecule has 0 atom stereocenters. The molecule has 0 unspecified atom stereocenters. The minimum absolute atomic E-state index is 0.795. The van der Waals surface area contributed by atoms with E-state index >= 15 is 0 Å². The van der Waals surface area contributed by atoms with Crippen molar-refractivity contribution in [1.82, 2.24) is 0 Å². The molecule has 0 N–H and O–H groups in total. The van der Waals surface area contributed by atoms with Gasteiger partial charge >= 0.3 is 39.0 Å². The summed E-state index contributed by atoms with van der Waals surface area (Å²) in [6.07, 6.45) is 1.06. The van der Waals surface area contributed by atoms with Gasteiger partial charge in [-0.3, -0.25) is 0 Å². The van der Waals surface area contributed by atoms with Crippen molar-refractivity contribution < 1.29 is 4.65 Å². The summed E-state index contributed by atoms with van der Waals surface area (Å²) < 4.78 is 4.75. The summed E-state index contributed by atoms with van der Waals surface area (Å²) in [7, 11) is 4.84. The van der Waals surface area contributed by atoms with Gasteiger partial charge < -0.3 is 0 Å². The van der Waals surface area contributed by atoms with Crippen LogP contribution < -0.4 is 0 Å². The Morgan fingerprint density at radius 1 is 1.83 bits per heavy atom. The van der Waals surface area contributed by atoms with E-state index in [4.69, 9.17) is 4.65 Å². The van der Waals surface area contributed by atoms with E-state index in [1.165, 1.54) is 7.00 Å². The Morgan fingerprint density at radius 2 is 2.50 bits per heavy atom. The maximum absolute atomic E-state index is 4.75. The van der Waals surface area contributed by atoms with Crippen LogP contribution in [0.15, 0.2) is 0 Å². The van der Waals surface area contributed by atoms with Crippen molar-refractivity contribution in [2.75, 3.05) is 6.61 Å². The van der Waals surface area contributed by atoms with E-state index in [-0.39, 0.29) is 0 Å². The van der Waals surface area contributed by atoms with E-state index in [2.05, 4.69) is 14.3 Å². The molecule has 0 saturated carbocycles. The van der Waals surface area contributed by atoms with Gasteiger partial charge in [0.25, 0.3) is 0 Å².